The molecule has 0 aromatic rings. The van der Waals surface area contributed by atoms with Crippen molar-refractivity contribution < 1.29 is 0 Å². The van der Waals surface area contributed by atoms with Crippen LogP contribution in [0.25, 0.3) is 0 Å². The fourth-order valence-corrected chi connectivity index (χ4v) is 1.25. The average molecular weight is 190 g/mol. The highest BCUT2D eigenvalue weighted by Crippen LogP contribution is 2.03. The highest BCUT2D eigenvalue weighted by atomic mass is 35.5. The molecule has 0 heterocycles. The van der Waals surface area contributed by atoms with Gasteiger partial charge in [0.05, 0.1) is 0 Å². The van der Waals surface area contributed by atoms with Crippen molar-refractivity contribution in [2.75, 3.05) is 19.5 Å². The summed E-state index contributed by atoms with van der Waals surface area (Å²) in [6.45, 7) is 5.49. The third-order valence-corrected chi connectivity index (χ3v) is 2.29. The van der Waals surface area contributed by atoms with Gasteiger partial charge in [0.25, 0.3) is 0 Å². The molecule has 0 fully saturated rings. The van der Waals surface area contributed by atoms with Gasteiger partial charge in [-0.05, 0) is 20.4 Å². The molecule has 0 bridgehead atoms. The third kappa shape index (κ3) is 5.62. The zero-order valence-electron chi connectivity index (χ0n) is 8.39. The first-order valence-corrected chi connectivity index (χ1v) is 5.17. The number of nitrogens with zero attached hydrogens (tertiary/aromatic N) is 1. The van der Waals surface area contributed by atoms with Gasteiger partial charge in [0.15, 0.2) is 0 Å². The van der Waals surface area contributed by atoms with Crippen LogP contribution in [0.15, 0.2) is 12.2 Å². The molecule has 0 spiro atoms. The quantitative estimate of drug-likeness (QED) is 0.459. The number of rotatable bonds is 6. The second-order valence-electron chi connectivity index (χ2n) is 3.20. The van der Waals surface area contributed by atoms with E-state index in [9.17, 15) is 0 Å². The van der Waals surface area contributed by atoms with Crippen LogP contribution >= 0.6 is 11.6 Å². The molecular formula is C10H20ClN. The molecule has 0 aliphatic rings. The Kier molecular flexibility index (Phi) is 7.62. The minimum Gasteiger partial charge on any atom is -0.300 e. The number of hydrogen-bond donors (Lipinski definition) is 0. The fraction of sp³-hybridized carbons (Fsp3) is 0.800. The molecule has 1 unspecified atom stereocenters. The van der Waals surface area contributed by atoms with Crippen LogP contribution in [0.4, 0.5) is 0 Å². The molecule has 0 aromatic carbocycles. The second kappa shape index (κ2) is 7.63. The molecule has 0 N–H and O–H groups in total. The van der Waals surface area contributed by atoms with E-state index in [4.69, 9.17) is 11.6 Å². The third-order valence-electron chi connectivity index (χ3n) is 2.11. The van der Waals surface area contributed by atoms with E-state index in [-0.39, 0.29) is 0 Å². The molecular weight excluding hydrogens is 170 g/mol. The van der Waals surface area contributed by atoms with Gasteiger partial charge in [-0.2, -0.15) is 0 Å². The molecule has 1 atom stereocenters. The van der Waals surface area contributed by atoms with Crippen molar-refractivity contribution in [1.82, 2.24) is 4.90 Å². The lowest BCUT2D eigenvalue weighted by molar-refractivity contribution is 0.269. The summed E-state index contributed by atoms with van der Waals surface area (Å²) in [5.74, 6) is 0.621. The summed E-state index contributed by atoms with van der Waals surface area (Å²) >= 11 is 5.52. The predicted molar refractivity (Wildman–Crippen MR) is 56.9 cm³/mol. The summed E-state index contributed by atoms with van der Waals surface area (Å²) in [6, 6.07) is 0.676. The van der Waals surface area contributed by atoms with Gasteiger partial charge in [0.2, 0.25) is 0 Å². The Morgan fingerprint density at radius 2 is 2.08 bits per heavy atom. The van der Waals surface area contributed by atoms with Gasteiger partial charge < -0.3 is 4.90 Å². The van der Waals surface area contributed by atoms with E-state index in [1.54, 1.807) is 0 Å². The maximum atomic E-state index is 5.52. The van der Waals surface area contributed by atoms with Crippen molar-refractivity contribution >= 4 is 11.6 Å². The molecule has 0 radical (unpaired) electrons. The smallest absolute Gasteiger partial charge is 0.0404 e. The molecule has 0 aromatic heterocycles. The molecule has 2 heteroatoms. The van der Waals surface area contributed by atoms with Crippen LogP contribution in [-0.2, 0) is 0 Å². The number of halogens is 1. The number of likely N-dealkylation sites (N-methyl/N-ethyl adjacent to an activating group) is 1. The zero-order valence-corrected chi connectivity index (χ0v) is 9.14. The fourth-order valence-electron chi connectivity index (χ4n) is 1.12. The van der Waals surface area contributed by atoms with Gasteiger partial charge >= 0.3 is 0 Å². The van der Waals surface area contributed by atoms with Gasteiger partial charge in [0.1, 0.15) is 0 Å². The Hall–Kier alpha value is -0.0100. The van der Waals surface area contributed by atoms with Gasteiger partial charge in [0, 0.05) is 18.5 Å². The molecule has 0 aliphatic heterocycles. The van der Waals surface area contributed by atoms with Gasteiger partial charge in [-0.1, -0.05) is 25.5 Å². The summed E-state index contributed by atoms with van der Waals surface area (Å²) in [4.78, 5) is 2.34. The summed E-state index contributed by atoms with van der Waals surface area (Å²) in [6.07, 6.45) is 6.64. The molecule has 0 saturated heterocycles. The van der Waals surface area contributed by atoms with Crippen LogP contribution in [0.3, 0.4) is 0 Å². The zero-order chi connectivity index (χ0) is 9.40. The largest absolute Gasteiger partial charge is 0.300 e. The van der Waals surface area contributed by atoms with Gasteiger partial charge in [-0.25, -0.2) is 0 Å². The maximum absolute atomic E-state index is 5.52. The van der Waals surface area contributed by atoms with Crippen molar-refractivity contribution in [1.29, 1.82) is 0 Å². The lowest BCUT2D eigenvalue weighted by Gasteiger charge is -2.22. The molecule has 1 nitrogen and oxygen atoms in total. The highest BCUT2D eigenvalue weighted by molar-refractivity contribution is 6.18. The van der Waals surface area contributed by atoms with E-state index < -0.39 is 0 Å². The minimum absolute atomic E-state index is 0.621. The summed E-state index contributed by atoms with van der Waals surface area (Å²) < 4.78 is 0. The monoisotopic (exact) mass is 189 g/mol. The van der Waals surface area contributed by atoms with E-state index in [0.717, 1.165) is 6.54 Å². The standard InChI is InChI=1S/C10H20ClN/c1-4-7-10(2)12(3)9-6-5-8-11/h5-6,10H,4,7-9H2,1-3H3. The lowest BCUT2D eigenvalue weighted by atomic mass is 10.2. The number of alkyl halides is 1. The van der Waals surface area contributed by atoms with E-state index in [1.165, 1.54) is 12.8 Å². The van der Waals surface area contributed by atoms with Crippen molar-refractivity contribution in [2.45, 2.75) is 32.7 Å². The van der Waals surface area contributed by atoms with E-state index in [2.05, 4.69) is 31.9 Å². The van der Waals surface area contributed by atoms with E-state index >= 15 is 0 Å². The Morgan fingerprint density at radius 1 is 1.42 bits per heavy atom. The van der Waals surface area contributed by atoms with Crippen LogP contribution in [0.5, 0.6) is 0 Å². The van der Waals surface area contributed by atoms with Gasteiger partial charge in [-0.3, -0.25) is 0 Å². The maximum Gasteiger partial charge on any atom is 0.0404 e. The second-order valence-corrected chi connectivity index (χ2v) is 3.51. The van der Waals surface area contributed by atoms with Crippen molar-refractivity contribution in [3.63, 3.8) is 0 Å². The first-order chi connectivity index (χ1) is 5.72. The van der Waals surface area contributed by atoms with Crippen LogP contribution < -0.4 is 0 Å². The normalized spacial score (nSPS) is 14.4. The van der Waals surface area contributed by atoms with Crippen LogP contribution in [0, 0.1) is 0 Å². The molecule has 0 aliphatic carbocycles. The van der Waals surface area contributed by atoms with Crippen LogP contribution in [0.1, 0.15) is 26.7 Å². The molecule has 0 amide bonds. The highest BCUT2D eigenvalue weighted by Gasteiger charge is 2.04. The van der Waals surface area contributed by atoms with Gasteiger partial charge in [-0.15, -0.1) is 11.6 Å². The first kappa shape index (κ1) is 12.0. The Bertz CT molecular complexity index is 123. The van der Waals surface area contributed by atoms with Crippen molar-refractivity contribution in [3.05, 3.63) is 12.2 Å². The number of hydrogen-bond acceptors (Lipinski definition) is 1. The molecule has 0 rings (SSSR count). The summed E-state index contributed by atoms with van der Waals surface area (Å²) in [5, 5.41) is 0. The lowest BCUT2D eigenvalue weighted by Crippen LogP contribution is -2.28. The number of allylic oxidation sites excluding steroid dienone is 1. The molecule has 72 valence electrons. The van der Waals surface area contributed by atoms with Crippen LogP contribution in [0.2, 0.25) is 0 Å². The predicted octanol–water partition coefficient (Wildman–Crippen LogP) is 2.90. The summed E-state index contributed by atoms with van der Waals surface area (Å²) in [7, 11) is 2.15. The van der Waals surface area contributed by atoms with E-state index in [1.807, 2.05) is 6.08 Å². The first-order valence-electron chi connectivity index (χ1n) is 4.63. The van der Waals surface area contributed by atoms with E-state index in [0.29, 0.717) is 11.9 Å². The Labute approximate surface area is 81.4 Å². The Balaban J connectivity index is 3.55. The molecule has 12 heavy (non-hydrogen) atoms. The Morgan fingerprint density at radius 3 is 2.58 bits per heavy atom. The van der Waals surface area contributed by atoms with Crippen LogP contribution in [-0.4, -0.2) is 30.4 Å². The average Bonchev–Trinajstić information content (AvgIpc) is 2.05. The van der Waals surface area contributed by atoms with Crippen molar-refractivity contribution in [2.24, 2.45) is 0 Å². The topological polar surface area (TPSA) is 3.24 Å². The molecule has 0 saturated carbocycles. The van der Waals surface area contributed by atoms with Crippen molar-refractivity contribution in [3.8, 4) is 0 Å². The SMILES string of the molecule is CCCC(C)N(C)CC=CCCl. The summed E-state index contributed by atoms with van der Waals surface area (Å²) in [5.41, 5.74) is 0. The minimum atomic E-state index is 0.621.